The predicted molar refractivity (Wildman–Crippen MR) is 114 cm³/mol. The van der Waals surface area contributed by atoms with E-state index < -0.39 is 0 Å². The molecule has 1 saturated heterocycles. The number of thiophene rings is 1. The Bertz CT molecular complexity index is 841. The largest absolute Gasteiger partial charge is 0.347 e. The van der Waals surface area contributed by atoms with Crippen LogP contribution in [0.1, 0.15) is 27.7 Å². The molecule has 9 heteroatoms. The number of nitrogens with zero attached hydrogens (tertiary/aromatic N) is 3. The van der Waals surface area contributed by atoms with E-state index in [1.165, 1.54) is 9.80 Å². The molecular weight excluding hydrogens is 392 g/mol. The summed E-state index contributed by atoms with van der Waals surface area (Å²) in [6, 6.07) is 4.14. The van der Waals surface area contributed by atoms with Crippen molar-refractivity contribution in [2.24, 2.45) is 0 Å². The van der Waals surface area contributed by atoms with Crippen molar-refractivity contribution >= 4 is 29.5 Å². The molecule has 2 aromatic heterocycles. The zero-order valence-electron chi connectivity index (χ0n) is 17.2. The van der Waals surface area contributed by atoms with E-state index in [0.717, 1.165) is 54.9 Å². The molecule has 0 saturated carbocycles. The first-order valence-electron chi connectivity index (χ1n) is 9.96. The maximum Gasteiger partial charge on any atom is 0.275 e. The van der Waals surface area contributed by atoms with Crippen molar-refractivity contribution in [1.29, 1.82) is 0 Å². The molecule has 154 valence electrons. The minimum atomic E-state index is -0.168. The summed E-state index contributed by atoms with van der Waals surface area (Å²) in [4.78, 5) is 16.1. The number of carbonyl (C=O) groups is 1. The lowest BCUT2D eigenvalue weighted by atomic mass is 10.1. The van der Waals surface area contributed by atoms with Crippen molar-refractivity contribution < 1.29 is 14.6 Å². The molecule has 3 N–H and O–H groups in total. The summed E-state index contributed by atoms with van der Waals surface area (Å²) in [6.07, 6.45) is 0. The average molecular weight is 425 g/mol. The van der Waals surface area contributed by atoms with Crippen molar-refractivity contribution in [3.05, 3.63) is 22.3 Å². The Labute approximate surface area is 175 Å². The second-order valence-electron chi connectivity index (χ2n) is 8.46. The van der Waals surface area contributed by atoms with E-state index >= 15 is 0 Å². The van der Waals surface area contributed by atoms with Gasteiger partial charge in [-0.2, -0.15) is 4.68 Å². The number of rotatable bonds is 6. The van der Waals surface area contributed by atoms with E-state index in [4.69, 9.17) is 17.3 Å². The van der Waals surface area contributed by atoms with E-state index in [9.17, 15) is 4.79 Å². The third kappa shape index (κ3) is 5.28. The predicted octanol–water partition coefficient (Wildman–Crippen LogP) is -0.182. The maximum atomic E-state index is 12.2. The minimum Gasteiger partial charge on any atom is -0.347 e. The number of hydrogen-bond acceptors (Lipinski definition) is 4. The third-order valence-electron chi connectivity index (χ3n) is 4.94. The highest BCUT2D eigenvalue weighted by Gasteiger charge is 2.27. The highest BCUT2D eigenvalue weighted by Crippen LogP contribution is 2.23. The first-order valence-corrected chi connectivity index (χ1v) is 11.3. The standard InChI is InChI=1S/C19H30N6OS2/c1-5-24-17(15-7-6-12-28-15)21-25(18(24)27)14-23-10-8-22(9-11-23)13-16(26)20-19(2,3)4/h6-7,12H,5,8-11,13-14H2,1-4H3,(H,20,26)/p+2. The highest BCUT2D eigenvalue weighted by atomic mass is 32.1. The van der Waals surface area contributed by atoms with Crippen molar-refractivity contribution in [3.63, 3.8) is 0 Å². The summed E-state index contributed by atoms with van der Waals surface area (Å²) in [6.45, 7) is 14.4. The molecule has 28 heavy (non-hydrogen) atoms. The van der Waals surface area contributed by atoms with Gasteiger partial charge in [-0.3, -0.25) is 9.36 Å². The average Bonchev–Trinajstić information content (AvgIpc) is 3.23. The summed E-state index contributed by atoms with van der Waals surface area (Å²) in [5.41, 5.74) is -0.168. The van der Waals surface area contributed by atoms with Gasteiger partial charge in [0.2, 0.25) is 4.77 Å². The molecule has 1 aliphatic rings. The third-order valence-corrected chi connectivity index (χ3v) is 6.24. The fourth-order valence-corrected chi connectivity index (χ4v) is 4.65. The van der Waals surface area contributed by atoms with Crippen LogP contribution in [0.25, 0.3) is 10.7 Å². The van der Waals surface area contributed by atoms with Crippen LogP contribution in [-0.2, 0) is 18.0 Å². The number of hydrogen-bond donors (Lipinski definition) is 3. The first-order chi connectivity index (χ1) is 13.3. The molecule has 1 fully saturated rings. The first kappa shape index (κ1) is 21.2. The molecule has 0 aromatic carbocycles. The van der Waals surface area contributed by atoms with Gasteiger partial charge in [-0.15, -0.1) is 16.4 Å². The molecule has 0 radical (unpaired) electrons. The molecule has 1 amide bonds. The SMILES string of the molecule is CCn1c(-c2cccs2)nn(C[NH+]2CC[NH+](CC(=O)NC(C)(C)C)CC2)c1=S. The number of nitrogens with one attached hydrogen (secondary N) is 3. The summed E-state index contributed by atoms with van der Waals surface area (Å²) >= 11 is 7.37. The maximum absolute atomic E-state index is 12.2. The molecule has 7 nitrogen and oxygen atoms in total. The fourth-order valence-electron chi connectivity index (χ4n) is 3.61. The molecule has 3 rings (SSSR count). The summed E-state index contributed by atoms with van der Waals surface area (Å²) in [5, 5.41) is 9.95. The Balaban J connectivity index is 1.58. The quantitative estimate of drug-likeness (QED) is 0.564. The van der Waals surface area contributed by atoms with E-state index in [1.807, 2.05) is 31.5 Å². The normalized spacial score (nSPS) is 20.3. The van der Waals surface area contributed by atoms with Crippen LogP contribution in [0.2, 0.25) is 0 Å². The number of aromatic nitrogens is 3. The molecular formula is C19H32N6OS2+2. The van der Waals surface area contributed by atoms with E-state index in [2.05, 4.69) is 28.3 Å². The van der Waals surface area contributed by atoms with Crippen LogP contribution in [0.5, 0.6) is 0 Å². The van der Waals surface area contributed by atoms with Crippen molar-refractivity contribution in [2.45, 2.75) is 46.4 Å². The van der Waals surface area contributed by atoms with Gasteiger partial charge < -0.3 is 15.1 Å². The van der Waals surface area contributed by atoms with Gasteiger partial charge >= 0.3 is 0 Å². The molecule has 1 aliphatic heterocycles. The van der Waals surface area contributed by atoms with Crippen molar-refractivity contribution in [2.75, 3.05) is 32.7 Å². The molecule has 0 bridgehead atoms. The van der Waals surface area contributed by atoms with Gasteiger partial charge in [0, 0.05) is 12.1 Å². The van der Waals surface area contributed by atoms with Crippen molar-refractivity contribution in [1.82, 2.24) is 19.7 Å². The van der Waals surface area contributed by atoms with Crippen LogP contribution < -0.4 is 15.1 Å². The number of piperazine rings is 1. The Morgan fingerprint density at radius 2 is 1.96 bits per heavy atom. The highest BCUT2D eigenvalue weighted by molar-refractivity contribution is 7.71. The summed E-state index contributed by atoms with van der Waals surface area (Å²) in [5.74, 6) is 1.10. The van der Waals surface area contributed by atoms with Gasteiger partial charge in [0.25, 0.3) is 5.91 Å². The summed E-state index contributed by atoms with van der Waals surface area (Å²) < 4.78 is 4.87. The van der Waals surface area contributed by atoms with Crippen LogP contribution >= 0.6 is 23.6 Å². The second-order valence-corrected chi connectivity index (χ2v) is 9.77. The fraction of sp³-hybridized carbons (Fsp3) is 0.632. The smallest absolute Gasteiger partial charge is 0.275 e. The number of carbonyl (C=O) groups excluding carboxylic acids is 1. The lowest BCUT2D eigenvalue weighted by Crippen LogP contribution is -3.28. The lowest BCUT2D eigenvalue weighted by Gasteiger charge is -2.30. The van der Waals surface area contributed by atoms with E-state index in [-0.39, 0.29) is 11.4 Å². The van der Waals surface area contributed by atoms with Crippen LogP contribution in [0.4, 0.5) is 0 Å². The van der Waals surface area contributed by atoms with E-state index in [1.54, 1.807) is 11.3 Å². The Morgan fingerprint density at radius 1 is 1.29 bits per heavy atom. The molecule has 2 aromatic rings. The van der Waals surface area contributed by atoms with Crippen LogP contribution in [0, 0.1) is 4.77 Å². The van der Waals surface area contributed by atoms with Crippen LogP contribution in [0.3, 0.4) is 0 Å². The van der Waals surface area contributed by atoms with Gasteiger partial charge in [-0.05, 0) is 51.4 Å². The molecule has 0 spiro atoms. The topological polar surface area (TPSA) is 60.7 Å². The Morgan fingerprint density at radius 3 is 2.54 bits per heavy atom. The minimum absolute atomic E-state index is 0.135. The Hall–Kier alpha value is -1.55. The molecule has 0 unspecified atom stereocenters. The Kier molecular flexibility index (Phi) is 6.69. The zero-order valence-corrected chi connectivity index (χ0v) is 18.9. The van der Waals surface area contributed by atoms with Gasteiger partial charge in [-0.25, -0.2) is 0 Å². The van der Waals surface area contributed by atoms with Crippen LogP contribution in [0.15, 0.2) is 17.5 Å². The molecule has 0 aliphatic carbocycles. The lowest BCUT2D eigenvalue weighted by molar-refractivity contribution is -1.02. The number of quaternary nitrogens is 2. The zero-order chi connectivity index (χ0) is 20.3. The monoisotopic (exact) mass is 424 g/mol. The van der Waals surface area contributed by atoms with Crippen LogP contribution in [-0.4, -0.2) is 58.5 Å². The molecule has 3 heterocycles. The van der Waals surface area contributed by atoms with Gasteiger partial charge in [0.1, 0.15) is 26.2 Å². The number of amides is 1. The second kappa shape index (κ2) is 8.86. The molecule has 0 atom stereocenters. The van der Waals surface area contributed by atoms with Crippen molar-refractivity contribution in [3.8, 4) is 10.7 Å². The van der Waals surface area contributed by atoms with Gasteiger partial charge in [-0.1, -0.05) is 6.07 Å². The van der Waals surface area contributed by atoms with Gasteiger partial charge in [0.15, 0.2) is 19.0 Å². The summed E-state index contributed by atoms with van der Waals surface area (Å²) in [7, 11) is 0. The van der Waals surface area contributed by atoms with Gasteiger partial charge in [0.05, 0.1) is 4.88 Å². The van der Waals surface area contributed by atoms with E-state index in [0.29, 0.717) is 6.54 Å².